The molecule has 5 heterocycles. The van der Waals surface area contributed by atoms with Crippen molar-refractivity contribution in [2.24, 2.45) is 23.7 Å². The molecule has 1 aromatic heterocycles. The second-order valence-corrected chi connectivity index (χ2v) is 23.2. The monoisotopic (exact) mass is 1180 g/mol. The predicted molar refractivity (Wildman–Crippen MR) is 323 cm³/mol. The van der Waals surface area contributed by atoms with E-state index in [-0.39, 0.29) is 79.4 Å². The van der Waals surface area contributed by atoms with E-state index in [2.05, 4.69) is 27.2 Å². The average molecular weight is 1180 g/mol. The Bertz CT molecular complexity index is 3720. The number of aliphatic hydroxyl groups excluding tert-OH is 2. The molecule has 20 heteroatoms. The molecule has 10 rings (SSSR count). The third-order valence-electron chi connectivity index (χ3n) is 17.3. The van der Waals surface area contributed by atoms with Crippen molar-refractivity contribution >= 4 is 67.9 Å². The van der Waals surface area contributed by atoms with Gasteiger partial charge in [-0.3, -0.25) is 28.9 Å². The summed E-state index contributed by atoms with van der Waals surface area (Å²) < 4.78 is 43.5. The number of carbonyl (C=O) groups excluding carboxylic acids is 4. The molecule has 20 nitrogen and oxygen atoms in total. The van der Waals surface area contributed by atoms with Crippen LogP contribution in [0.25, 0.3) is 33.0 Å². The third kappa shape index (κ3) is 12.2. The molecule has 4 N–H and O–H groups in total. The maximum Gasteiger partial charge on any atom is 0.312 e. The van der Waals surface area contributed by atoms with Crippen LogP contribution in [0.2, 0.25) is 0 Å². The molecule has 0 saturated carbocycles. The zero-order valence-electron chi connectivity index (χ0n) is 50.0. The number of anilines is 2. The number of allylic oxidation sites excluding steroid dienone is 2. The number of esters is 1. The average Bonchev–Trinajstić information content (AvgIpc) is 1.34. The summed E-state index contributed by atoms with van der Waals surface area (Å²) in [5, 5.41) is 38.2. The first kappa shape index (κ1) is 61.0. The van der Waals surface area contributed by atoms with E-state index in [1.165, 1.54) is 53.2 Å². The topological polar surface area (TPSA) is 249 Å². The number of aromatic hydroxyl groups is 1. The quantitative estimate of drug-likeness (QED) is 0.0459. The maximum atomic E-state index is 15.3. The highest BCUT2D eigenvalue weighted by atomic mass is 16.7. The number of hydrogen-bond donors (Lipinski definition) is 4. The highest BCUT2D eigenvalue weighted by Gasteiger charge is 2.50. The van der Waals surface area contributed by atoms with Gasteiger partial charge in [-0.05, 0) is 43.2 Å². The van der Waals surface area contributed by atoms with Crippen LogP contribution in [0.5, 0.6) is 17.2 Å². The van der Waals surface area contributed by atoms with Gasteiger partial charge in [-0.25, -0.2) is 4.98 Å². The molecule has 0 unspecified atom stereocenters. The van der Waals surface area contributed by atoms with E-state index in [9.17, 15) is 34.5 Å². The molecule has 0 radical (unpaired) electrons. The predicted octanol–water partition coefficient (Wildman–Crippen LogP) is 8.37. The molecule has 4 aliphatic heterocycles. The van der Waals surface area contributed by atoms with E-state index in [4.69, 9.17) is 37.8 Å². The van der Waals surface area contributed by atoms with E-state index < -0.39 is 82.7 Å². The summed E-state index contributed by atoms with van der Waals surface area (Å²) in [6.45, 7) is 18.2. The maximum absolute atomic E-state index is 15.3. The van der Waals surface area contributed by atoms with Crippen LogP contribution in [0.4, 0.5) is 11.4 Å². The Kier molecular flexibility index (Phi) is 18.0. The van der Waals surface area contributed by atoms with Gasteiger partial charge in [0.2, 0.25) is 0 Å². The lowest BCUT2D eigenvalue weighted by molar-refractivity contribution is -0.160. The number of nitrogens with zero attached hydrogens (tertiary/aromatic N) is 4. The SMILES string of the molecule is CO[C@H]1/C=C/O[C@@]2(C)Oc3c(C)c(=O)c4c(O)c(c5oc6cc(N7CCN(C(=O)c8ccccc8)CC7)cc(OCc7ccc(CN8CCOCC8)cc7)c6nc5c4c3C2=O)NC(=O)/C(C)=C\C=C\[C@H](C)[C@H](O)[C@@H](C)[C@@H](O)[C@@H](C)[C@H](OC(C)=O)[C@@H]1C. The largest absolute Gasteiger partial charge is 0.505 e. The Labute approximate surface area is 498 Å². The van der Waals surface area contributed by atoms with Crippen molar-refractivity contribution < 1.29 is 67.3 Å². The standard InChI is InChI=1S/C66H75N5O15/c1-36-14-13-15-37(2)64(78)68-55-59(76)51-50(52-61(41(6)58(51)75)86-66(8,63(52)77)83-29-22-47(80-9)38(3)60(84-42(7)72)40(5)57(74)39(4)56(36)73)54-62(55)85-49-33-46(70-23-25-71(26-24-70)65(79)45-16-11-10-12-17-45)32-48(53(49)67-54)82-35-44-20-18-43(19-21-44)34-69-27-30-81-31-28-69/h10-22,29,32-33,36,38-40,47,56-57,60,73-74,76H,23-28,30-31,34-35H2,1-9H3,(H,68,78)/b14-13+,29-22+,37-15-/t36-,38+,39+,40+,47-,56-,57+,60+,66-/m0/s1. The number of benzene rings is 5. The van der Waals surface area contributed by atoms with E-state index in [0.717, 1.165) is 30.8 Å². The number of nitrogens with one attached hydrogen (secondary N) is 1. The van der Waals surface area contributed by atoms with Gasteiger partial charge in [0.25, 0.3) is 17.6 Å². The van der Waals surface area contributed by atoms with Crippen LogP contribution in [0, 0.1) is 30.6 Å². The van der Waals surface area contributed by atoms with Gasteiger partial charge in [-0.1, -0.05) is 88.4 Å². The Morgan fingerprint density at radius 1 is 0.837 bits per heavy atom. The van der Waals surface area contributed by atoms with E-state index >= 15 is 4.79 Å². The second-order valence-electron chi connectivity index (χ2n) is 23.2. The van der Waals surface area contributed by atoms with Crippen LogP contribution in [0.3, 0.4) is 0 Å². The smallest absolute Gasteiger partial charge is 0.312 e. The highest BCUT2D eigenvalue weighted by Crippen LogP contribution is 2.49. The van der Waals surface area contributed by atoms with Crippen LogP contribution >= 0.6 is 0 Å². The van der Waals surface area contributed by atoms with E-state index in [1.807, 2.05) is 36.4 Å². The lowest BCUT2D eigenvalue weighted by atomic mass is 9.78. The number of fused-ring (bicyclic) bond motifs is 2. The number of ether oxygens (including phenoxy) is 6. The minimum Gasteiger partial charge on any atom is -0.505 e. The van der Waals surface area contributed by atoms with E-state index in [0.29, 0.717) is 50.6 Å². The van der Waals surface area contributed by atoms with Crippen LogP contribution < -0.4 is 25.1 Å². The molecular weight excluding hydrogens is 1100 g/mol. The Hall–Kier alpha value is -8.14. The number of amides is 2. The Morgan fingerprint density at radius 2 is 1.53 bits per heavy atom. The van der Waals surface area contributed by atoms with Gasteiger partial charge in [0.15, 0.2) is 28.1 Å². The van der Waals surface area contributed by atoms with Crippen molar-refractivity contribution in [2.75, 3.05) is 69.8 Å². The number of hydrogen-bond acceptors (Lipinski definition) is 18. The molecule has 2 fully saturated rings. The van der Waals surface area contributed by atoms with Crippen LogP contribution in [0.1, 0.15) is 85.9 Å². The van der Waals surface area contributed by atoms with Gasteiger partial charge < -0.3 is 63.3 Å². The summed E-state index contributed by atoms with van der Waals surface area (Å²) >= 11 is 0. The first-order valence-electron chi connectivity index (χ1n) is 29.2. The number of aromatic nitrogens is 1. The fraction of sp³-hybridized carbons (Fsp3) is 0.424. The molecule has 2 saturated heterocycles. The summed E-state index contributed by atoms with van der Waals surface area (Å²) in [6, 6.07) is 20.8. The number of Topliss-reactive ketones (excluding diaryl/α,β-unsaturated/α-hetero) is 1. The number of methoxy groups -OCH3 is 1. The first-order valence-corrected chi connectivity index (χ1v) is 29.2. The molecular formula is C66H75N5O15. The summed E-state index contributed by atoms with van der Waals surface area (Å²) in [5.74, 6) is -7.50. The van der Waals surface area contributed by atoms with Gasteiger partial charge >= 0.3 is 11.8 Å². The van der Waals surface area contributed by atoms with Gasteiger partial charge in [0.05, 0.1) is 48.7 Å². The van der Waals surface area contributed by atoms with Gasteiger partial charge in [-0.2, -0.15) is 0 Å². The number of morpholine rings is 1. The number of rotatable bonds is 9. The van der Waals surface area contributed by atoms with Gasteiger partial charge in [-0.15, -0.1) is 0 Å². The van der Waals surface area contributed by atoms with Crippen molar-refractivity contribution in [2.45, 2.75) is 98.7 Å². The Morgan fingerprint density at radius 3 is 2.22 bits per heavy atom. The molecule has 4 bridgehead atoms. The second kappa shape index (κ2) is 25.4. The van der Waals surface area contributed by atoms with Gasteiger partial charge in [0.1, 0.15) is 35.2 Å². The molecule has 86 heavy (non-hydrogen) atoms. The summed E-state index contributed by atoms with van der Waals surface area (Å²) in [5.41, 5.74) is 2.15. The molecule has 0 spiro atoms. The Balaban J connectivity index is 1.13. The molecule has 2 amide bonds. The van der Waals surface area contributed by atoms with Crippen molar-refractivity contribution in [3.05, 3.63) is 141 Å². The number of ketones is 1. The molecule has 4 aliphatic rings. The molecule has 0 aliphatic carbocycles. The lowest BCUT2D eigenvalue weighted by Gasteiger charge is -2.38. The van der Waals surface area contributed by atoms with Crippen LogP contribution in [0.15, 0.2) is 112 Å². The number of phenols is 1. The van der Waals surface area contributed by atoms with Crippen molar-refractivity contribution in [1.29, 1.82) is 0 Å². The van der Waals surface area contributed by atoms with Crippen molar-refractivity contribution in [3.8, 4) is 17.2 Å². The minimum absolute atomic E-state index is 0.0468. The van der Waals surface area contributed by atoms with Crippen LogP contribution in [-0.2, 0) is 41.7 Å². The van der Waals surface area contributed by atoms with E-state index in [1.54, 1.807) is 62.9 Å². The summed E-state index contributed by atoms with van der Waals surface area (Å²) in [6.07, 6.45) is 3.46. The van der Waals surface area contributed by atoms with Crippen LogP contribution in [-0.4, -0.2) is 143 Å². The fourth-order valence-electron chi connectivity index (χ4n) is 12.0. The third-order valence-corrected chi connectivity index (χ3v) is 17.3. The number of phenolic OH excluding ortho intramolecular Hbond substituents is 1. The fourth-order valence-corrected chi connectivity index (χ4v) is 12.0. The minimum atomic E-state index is -2.13. The number of carbonyl (C=O) groups is 4. The first-order chi connectivity index (χ1) is 41.2. The zero-order chi connectivity index (χ0) is 61.3. The van der Waals surface area contributed by atoms with Crippen molar-refractivity contribution in [3.63, 3.8) is 0 Å². The normalized spacial score (nSPS) is 26.7. The molecule has 454 valence electrons. The molecule has 9 atom stereocenters. The molecule has 5 aromatic carbocycles. The van der Waals surface area contributed by atoms with Crippen molar-refractivity contribution in [1.82, 2.24) is 14.8 Å². The summed E-state index contributed by atoms with van der Waals surface area (Å²) in [4.78, 5) is 82.3. The zero-order valence-corrected chi connectivity index (χ0v) is 50.0. The molecule has 6 aromatic rings. The summed E-state index contributed by atoms with van der Waals surface area (Å²) in [7, 11) is 1.44. The lowest BCUT2D eigenvalue weighted by Crippen LogP contribution is -2.48. The number of aliphatic hydroxyl groups is 2. The van der Waals surface area contributed by atoms with Gasteiger partial charge in [0, 0.05) is 130 Å². The highest BCUT2D eigenvalue weighted by molar-refractivity contribution is 6.26. The number of piperazine rings is 1.